The van der Waals surface area contributed by atoms with Crippen LogP contribution in [0.1, 0.15) is 30.1 Å². The van der Waals surface area contributed by atoms with E-state index in [-0.39, 0.29) is 17.2 Å². The zero-order chi connectivity index (χ0) is 26.1. The van der Waals surface area contributed by atoms with Gasteiger partial charge in [0.2, 0.25) is 15.9 Å². The van der Waals surface area contributed by atoms with Crippen molar-refractivity contribution in [2.24, 2.45) is 0 Å². The van der Waals surface area contributed by atoms with E-state index in [0.29, 0.717) is 19.4 Å². The standard InChI is InChI=1S/C26H27BrN2O5S2/c27-21-13-9-18(10-14-21)19-11-15-22(16-12-19)36(33,34)29-23(26(31)32)8-4-5-17-28-25(30)24(35)20-6-2-1-3-7-20/h1-3,6-7,9-16,23-24,29,35H,4-5,8,17H2,(H,28,30)(H,31,32). The van der Waals surface area contributed by atoms with Gasteiger partial charge < -0.3 is 10.4 Å². The number of hydrogen-bond donors (Lipinski definition) is 4. The number of halogens is 1. The van der Waals surface area contributed by atoms with Gasteiger partial charge in [-0.3, -0.25) is 9.59 Å². The lowest BCUT2D eigenvalue weighted by Gasteiger charge is -2.16. The molecule has 2 atom stereocenters. The van der Waals surface area contributed by atoms with E-state index in [0.717, 1.165) is 21.2 Å². The third-order valence-corrected chi connectivity index (χ3v) is 8.07. The number of aliphatic carboxylic acids is 1. The zero-order valence-corrected chi connectivity index (χ0v) is 22.6. The predicted molar refractivity (Wildman–Crippen MR) is 146 cm³/mol. The van der Waals surface area contributed by atoms with Crippen LogP contribution in [-0.4, -0.2) is 38.0 Å². The Bertz CT molecular complexity index is 1270. The van der Waals surface area contributed by atoms with Gasteiger partial charge in [-0.05, 0) is 60.2 Å². The van der Waals surface area contributed by atoms with Crippen LogP contribution in [0.5, 0.6) is 0 Å². The number of sulfonamides is 1. The topological polar surface area (TPSA) is 113 Å². The van der Waals surface area contributed by atoms with Crippen LogP contribution in [0.3, 0.4) is 0 Å². The fourth-order valence-electron chi connectivity index (χ4n) is 3.53. The molecule has 1 amide bonds. The minimum absolute atomic E-state index is 0.0115. The van der Waals surface area contributed by atoms with Crippen molar-refractivity contribution in [3.8, 4) is 11.1 Å². The summed E-state index contributed by atoms with van der Waals surface area (Å²) in [6, 6.07) is 21.7. The van der Waals surface area contributed by atoms with Crippen molar-refractivity contribution < 1.29 is 23.1 Å². The molecule has 0 bridgehead atoms. The first-order valence-corrected chi connectivity index (χ1v) is 14.1. The molecule has 3 aromatic rings. The molecule has 0 fully saturated rings. The summed E-state index contributed by atoms with van der Waals surface area (Å²) < 4.78 is 28.8. The molecule has 3 N–H and O–H groups in total. The summed E-state index contributed by atoms with van der Waals surface area (Å²) in [7, 11) is -4.03. The smallest absolute Gasteiger partial charge is 0.321 e. The van der Waals surface area contributed by atoms with E-state index in [1.165, 1.54) is 12.1 Å². The lowest BCUT2D eigenvalue weighted by Crippen LogP contribution is -2.40. The molecule has 0 saturated heterocycles. The summed E-state index contributed by atoms with van der Waals surface area (Å²) in [5, 5.41) is 11.7. The van der Waals surface area contributed by atoms with Crippen LogP contribution in [0.2, 0.25) is 0 Å². The van der Waals surface area contributed by atoms with Crippen LogP contribution in [0.4, 0.5) is 0 Å². The average molecular weight is 592 g/mol. The normalized spacial score (nSPS) is 13.1. The van der Waals surface area contributed by atoms with Gasteiger partial charge in [0.25, 0.3) is 0 Å². The fourth-order valence-corrected chi connectivity index (χ4v) is 5.28. The molecule has 190 valence electrons. The van der Waals surface area contributed by atoms with Gasteiger partial charge >= 0.3 is 5.97 Å². The summed E-state index contributed by atoms with van der Waals surface area (Å²) in [5.74, 6) is -1.50. The Balaban J connectivity index is 1.50. The Morgan fingerprint density at radius 2 is 1.47 bits per heavy atom. The summed E-state index contributed by atoms with van der Waals surface area (Å²) in [5.41, 5.74) is 2.55. The molecule has 0 aliphatic carbocycles. The number of nitrogens with one attached hydrogen (secondary N) is 2. The lowest BCUT2D eigenvalue weighted by molar-refractivity contribution is -0.139. The summed E-state index contributed by atoms with van der Waals surface area (Å²) in [6.45, 7) is 0.333. The van der Waals surface area contributed by atoms with Crippen LogP contribution in [0.25, 0.3) is 11.1 Å². The number of carbonyl (C=O) groups is 2. The van der Waals surface area contributed by atoms with E-state index in [2.05, 4.69) is 38.6 Å². The molecular weight excluding hydrogens is 564 g/mol. The van der Waals surface area contributed by atoms with Gasteiger partial charge in [-0.2, -0.15) is 17.4 Å². The molecule has 0 spiro atoms. The highest BCUT2D eigenvalue weighted by Gasteiger charge is 2.25. The average Bonchev–Trinajstić information content (AvgIpc) is 2.88. The molecule has 7 nitrogen and oxygen atoms in total. The van der Waals surface area contributed by atoms with Crippen molar-refractivity contribution in [2.75, 3.05) is 6.54 Å². The van der Waals surface area contributed by atoms with Crippen LogP contribution in [0, 0.1) is 0 Å². The summed E-state index contributed by atoms with van der Waals surface area (Å²) >= 11 is 7.72. The van der Waals surface area contributed by atoms with Crippen molar-refractivity contribution in [1.29, 1.82) is 0 Å². The molecular formula is C26H27BrN2O5S2. The van der Waals surface area contributed by atoms with Crippen LogP contribution >= 0.6 is 28.6 Å². The first-order valence-electron chi connectivity index (χ1n) is 11.3. The van der Waals surface area contributed by atoms with Crippen molar-refractivity contribution in [3.05, 3.63) is 88.9 Å². The largest absolute Gasteiger partial charge is 0.480 e. The highest BCUT2D eigenvalue weighted by molar-refractivity contribution is 9.10. The molecule has 36 heavy (non-hydrogen) atoms. The van der Waals surface area contributed by atoms with Crippen LogP contribution in [0.15, 0.2) is 88.2 Å². The maximum atomic E-state index is 12.8. The summed E-state index contributed by atoms with van der Waals surface area (Å²) in [6.07, 6.45) is 0.990. The minimum Gasteiger partial charge on any atom is -0.480 e. The molecule has 0 saturated carbocycles. The molecule has 3 aromatic carbocycles. The number of benzene rings is 3. The number of thiol groups is 1. The number of unbranched alkanes of at least 4 members (excludes halogenated alkanes) is 1. The number of carboxylic acid groups (broad SMARTS) is 1. The fraction of sp³-hybridized carbons (Fsp3) is 0.231. The van der Waals surface area contributed by atoms with E-state index >= 15 is 0 Å². The quantitative estimate of drug-likeness (QED) is 0.179. The Morgan fingerprint density at radius 3 is 2.06 bits per heavy atom. The number of carbonyl (C=O) groups excluding carboxylic acids is 1. The number of carboxylic acids is 1. The van der Waals surface area contributed by atoms with Gasteiger partial charge in [-0.25, -0.2) is 8.42 Å². The Hall–Kier alpha value is -2.66. The van der Waals surface area contributed by atoms with Crippen LogP contribution < -0.4 is 10.0 Å². The van der Waals surface area contributed by atoms with Crippen molar-refractivity contribution in [2.45, 2.75) is 35.4 Å². The SMILES string of the molecule is O=C(O)C(CCCCNC(=O)C(S)c1ccccc1)NS(=O)(=O)c1ccc(-c2ccc(Br)cc2)cc1. The number of rotatable bonds is 12. The highest BCUT2D eigenvalue weighted by atomic mass is 79.9. The second-order valence-corrected chi connectivity index (χ2v) is 11.3. The monoisotopic (exact) mass is 590 g/mol. The van der Waals surface area contributed by atoms with E-state index < -0.39 is 27.3 Å². The second kappa shape index (κ2) is 13.0. The third kappa shape index (κ3) is 7.92. The molecule has 10 heteroatoms. The molecule has 0 aliphatic rings. The van der Waals surface area contributed by atoms with Crippen LogP contribution in [-0.2, 0) is 19.6 Å². The molecule has 0 heterocycles. The van der Waals surface area contributed by atoms with E-state index in [9.17, 15) is 23.1 Å². The predicted octanol–water partition coefficient (Wildman–Crippen LogP) is 4.81. The van der Waals surface area contributed by atoms with E-state index in [1.54, 1.807) is 12.1 Å². The van der Waals surface area contributed by atoms with Gasteiger partial charge in [0.1, 0.15) is 11.3 Å². The molecule has 0 aliphatic heterocycles. The number of amides is 1. The maximum Gasteiger partial charge on any atom is 0.321 e. The van der Waals surface area contributed by atoms with Gasteiger partial charge in [-0.1, -0.05) is 70.5 Å². The van der Waals surface area contributed by atoms with E-state index in [1.807, 2.05) is 54.6 Å². The third-order valence-electron chi connectivity index (χ3n) is 5.52. The first-order chi connectivity index (χ1) is 17.2. The Kier molecular flexibility index (Phi) is 10.1. The minimum atomic E-state index is -4.03. The first kappa shape index (κ1) is 27.9. The number of hydrogen-bond acceptors (Lipinski definition) is 5. The molecule has 2 unspecified atom stereocenters. The molecule has 3 rings (SSSR count). The Labute approximate surface area is 224 Å². The van der Waals surface area contributed by atoms with Crippen molar-refractivity contribution >= 4 is 50.5 Å². The zero-order valence-electron chi connectivity index (χ0n) is 19.3. The van der Waals surface area contributed by atoms with Gasteiger partial charge in [0.15, 0.2) is 0 Å². The van der Waals surface area contributed by atoms with Gasteiger partial charge in [-0.15, -0.1) is 0 Å². The second-order valence-electron chi connectivity index (χ2n) is 8.14. The van der Waals surface area contributed by atoms with Gasteiger partial charge in [0, 0.05) is 11.0 Å². The maximum absolute atomic E-state index is 12.8. The van der Waals surface area contributed by atoms with E-state index in [4.69, 9.17) is 0 Å². The lowest BCUT2D eigenvalue weighted by atomic mass is 10.1. The molecule has 0 aromatic heterocycles. The van der Waals surface area contributed by atoms with Crippen molar-refractivity contribution in [1.82, 2.24) is 10.0 Å². The van der Waals surface area contributed by atoms with Crippen molar-refractivity contribution in [3.63, 3.8) is 0 Å². The summed E-state index contributed by atoms with van der Waals surface area (Å²) in [4.78, 5) is 23.9. The molecule has 0 radical (unpaired) electrons. The Morgan fingerprint density at radius 1 is 0.889 bits per heavy atom. The highest BCUT2D eigenvalue weighted by Crippen LogP contribution is 2.24. The van der Waals surface area contributed by atoms with Gasteiger partial charge in [0.05, 0.1) is 4.90 Å².